The van der Waals surface area contributed by atoms with Crippen molar-refractivity contribution >= 4 is 33.4 Å². The second-order valence-corrected chi connectivity index (χ2v) is 9.80. The number of esters is 1. The Bertz CT molecular complexity index is 1450. The van der Waals surface area contributed by atoms with Crippen molar-refractivity contribution in [1.29, 1.82) is 0 Å². The zero-order chi connectivity index (χ0) is 25.4. The average molecular weight is 544 g/mol. The van der Waals surface area contributed by atoms with Crippen LogP contribution < -0.4 is 10.1 Å². The summed E-state index contributed by atoms with van der Waals surface area (Å²) >= 11 is 3.65. The Hall–Kier alpha value is -3.64. The zero-order valence-electron chi connectivity index (χ0n) is 20.4. The second-order valence-electron chi connectivity index (χ2n) is 8.95. The maximum absolute atomic E-state index is 13.6. The number of aryl methyl sites for hydroxylation is 1. The normalized spacial score (nSPS) is 16.4. The fraction of sp³-hybridized carbons (Fsp3) is 0.200. The first-order valence-corrected chi connectivity index (χ1v) is 12.7. The number of hydrogen-bond acceptors (Lipinski definition) is 5. The summed E-state index contributed by atoms with van der Waals surface area (Å²) in [6, 6.07) is 21.4. The van der Waals surface area contributed by atoms with Gasteiger partial charge in [-0.1, -0.05) is 60.2 Å². The molecule has 5 nitrogen and oxygen atoms in total. The molecule has 0 radical (unpaired) electrons. The lowest BCUT2D eigenvalue weighted by Crippen LogP contribution is -2.29. The molecule has 1 N–H and O–H groups in total. The Morgan fingerprint density at radius 1 is 1.00 bits per heavy atom. The molecule has 0 saturated heterocycles. The molecule has 6 heteroatoms. The minimum absolute atomic E-state index is 0.0803. The van der Waals surface area contributed by atoms with Gasteiger partial charge < -0.3 is 14.8 Å². The van der Waals surface area contributed by atoms with Crippen molar-refractivity contribution in [2.45, 2.75) is 33.3 Å². The van der Waals surface area contributed by atoms with Gasteiger partial charge in [0, 0.05) is 28.3 Å². The van der Waals surface area contributed by atoms with E-state index in [1.807, 2.05) is 61.5 Å². The molecule has 2 aliphatic rings. The van der Waals surface area contributed by atoms with Crippen LogP contribution in [0, 0.1) is 6.92 Å². The molecule has 5 rings (SSSR count). The fourth-order valence-corrected chi connectivity index (χ4v) is 5.43. The summed E-state index contributed by atoms with van der Waals surface area (Å²) in [6.45, 7) is 6.36. The molecule has 1 heterocycles. The van der Waals surface area contributed by atoms with E-state index < -0.39 is 11.9 Å². The molecular weight excluding hydrogens is 518 g/mol. The monoisotopic (exact) mass is 543 g/mol. The summed E-state index contributed by atoms with van der Waals surface area (Å²) in [7, 11) is 0. The van der Waals surface area contributed by atoms with Gasteiger partial charge in [-0.3, -0.25) is 4.79 Å². The molecule has 36 heavy (non-hydrogen) atoms. The van der Waals surface area contributed by atoms with Crippen LogP contribution in [-0.2, 0) is 16.1 Å². The summed E-state index contributed by atoms with van der Waals surface area (Å²) in [5.41, 5.74) is 6.98. The number of hydrogen-bond donors (Lipinski definition) is 1. The lowest BCUT2D eigenvalue weighted by molar-refractivity contribution is -0.138. The summed E-state index contributed by atoms with van der Waals surface area (Å²) in [4.78, 5) is 26.7. The maximum atomic E-state index is 13.6. The van der Waals surface area contributed by atoms with Gasteiger partial charge in [0.25, 0.3) is 0 Å². The van der Waals surface area contributed by atoms with Crippen LogP contribution in [0.25, 0.3) is 5.70 Å². The lowest BCUT2D eigenvalue weighted by Gasteiger charge is -2.29. The van der Waals surface area contributed by atoms with E-state index in [1.54, 1.807) is 6.92 Å². The quantitative estimate of drug-likeness (QED) is 0.361. The Morgan fingerprint density at radius 2 is 1.78 bits per heavy atom. The number of ether oxygens (including phenoxy) is 2. The van der Waals surface area contributed by atoms with E-state index in [1.165, 1.54) is 5.56 Å². The molecule has 0 bridgehead atoms. The minimum atomic E-state index is -0.567. The molecule has 0 fully saturated rings. The van der Waals surface area contributed by atoms with E-state index in [2.05, 4.69) is 40.3 Å². The van der Waals surface area contributed by atoms with E-state index in [0.29, 0.717) is 34.8 Å². The van der Waals surface area contributed by atoms with Gasteiger partial charge in [0.2, 0.25) is 0 Å². The van der Waals surface area contributed by atoms with Gasteiger partial charge >= 0.3 is 5.97 Å². The number of carbonyl (C=O) groups excluding carboxylic acids is 2. The molecule has 182 valence electrons. The fourth-order valence-electron chi connectivity index (χ4n) is 4.92. The number of Topliss-reactive ketones (excluding diaryl/α,β-unsaturated/α-hetero) is 1. The van der Waals surface area contributed by atoms with Gasteiger partial charge in [0.05, 0.1) is 22.3 Å². The van der Waals surface area contributed by atoms with Crippen LogP contribution in [0.2, 0.25) is 0 Å². The summed E-state index contributed by atoms with van der Waals surface area (Å²) < 4.78 is 12.2. The first kappa shape index (κ1) is 24.1. The number of ketones is 1. The molecule has 3 aromatic rings. The molecule has 0 unspecified atom stereocenters. The minimum Gasteiger partial charge on any atom is -0.488 e. The predicted molar refractivity (Wildman–Crippen MR) is 143 cm³/mol. The third-order valence-electron chi connectivity index (χ3n) is 6.51. The number of nitrogens with one attached hydrogen (secondary N) is 1. The molecule has 0 saturated carbocycles. The topological polar surface area (TPSA) is 64.6 Å². The zero-order valence-corrected chi connectivity index (χ0v) is 21.9. The third kappa shape index (κ3) is 4.26. The van der Waals surface area contributed by atoms with Gasteiger partial charge in [-0.2, -0.15) is 0 Å². The number of fused-ring (bicyclic) bond motifs is 2. The van der Waals surface area contributed by atoms with Crippen molar-refractivity contribution in [1.82, 2.24) is 5.32 Å². The number of rotatable bonds is 6. The Balaban J connectivity index is 1.54. The van der Waals surface area contributed by atoms with Crippen LogP contribution >= 0.6 is 15.9 Å². The standard InChI is InChI=1S/C30H26BrNO4/c1-4-35-30(34)25-18(3)32-28-21-10-5-6-11-22(21)29(33)27(28)26(25)20-12-13-24(23(31)15-20)36-16-19-9-7-8-17(2)14-19/h5-15,26,32H,4,16H2,1-3H3/t26-/m0/s1. The van der Waals surface area contributed by atoms with Gasteiger partial charge in [-0.25, -0.2) is 4.79 Å². The molecule has 0 spiro atoms. The third-order valence-corrected chi connectivity index (χ3v) is 7.13. The highest BCUT2D eigenvalue weighted by Crippen LogP contribution is 2.47. The Labute approximate surface area is 219 Å². The van der Waals surface area contributed by atoms with E-state index in [9.17, 15) is 9.59 Å². The number of carbonyl (C=O) groups is 2. The van der Waals surface area contributed by atoms with Crippen molar-refractivity contribution in [3.05, 3.63) is 116 Å². The average Bonchev–Trinajstić information content (AvgIpc) is 3.14. The first-order valence-electron chi connectivity index (χ1n) is 11.9. The van der Waals surface area contributed by atoms with Crippen LogP contribution in [0.5, 0.6) is 5.75 Å². The highest BCUT2D eigenvalue weighted by molar-refractivity contribution is 9.10. The van der Waals surface area contributed by atoms with Crippen molar-refractivity contribution in [3.63, 3.8) is 0 Å². The van der Waals surface area contributed by atoms with Crippen LogP contribution in [0.3, 0.4) is 0 Å². The van der Waals surface area contributed by atoms with E-state index in [-0.39, 0.29) is 12.4 Å². The maximum Gasteiger partial charge on any atom is 0.336 e. The van der Waals surface area contributed by atoms with Gasteiger partial charge in [0.1, 0.15) is 12.4 Å². The molecule has 1 aliphatic heterocycles. The highest BCUT2D eigenvalue weighted by Gasteiger charge is 2.43. The van der Waals surface area contributed by atoms with Crippen molar-refractivity contribution in [2.24, 2.45) is 0 Å². The van der Waals surface area contributed by atoms with Crippen molar-refractivity contribution in [2.75, 3.05) is 6.61 Å². The van der Waals surface area contributed by atoms with E-state index in [0.717, 1.165) is 26.9 Å². The van der Waals surface area contributed by atoms with Crippen LogP contribution in [-0.4, -0.2) is 18.4 Å². The number of benzene rings is 3. The summed E-state index contributed by atoms with van der Waals surface area (Å²) in [6.07, 6.45) is 0. The first-order chi connectivity index (χ1) is 17.4. The van der Waals surface area contributed by atoms with E-state index in [4.69, 9.17) is 9.47 Å². The van der Waals surface area contributed by atoms with Crippen molar-refractivity contribution in [3.8, 4) is 5.75 Å². The summed E-state index contributed by atoms with van der Waals surface area (Å²) in [5, 5.41) is 3.32. The predicted octanol–water partition coefficient (Wildman–Crippen LogP) is 6.47. The molecule has 0 amide bonds. The molecule has 1 aliphatic carbocycles. The SMILES string of the molecule is CCOC(=O)C1=C(C)NC2=C(C(=O)c3ccccc32)[C@H]1c1ccc(OCc2cccc(C)c2)c(Br)c1. The Kier molecular flexibility index (Phi) is 6.54. The molecule has 3 aromatic carbocycles. The van der Waals surface area contributed by atoms with Gasteiger partial charge in [-0.05, 0) is 60.0 Å². The molecule has 0 aromatic heterocycles. The van der Waals surface area contributed by atoms with Crippen LogP contribution in [0.4, 0.5) is 0 Å². The second kappa shape index (κ2) is 9.78. The summed E-state index contributed by atoms with van der Waals surface area (Å²) in [5.74, 6) is -0.396. The molecule has 1 atom stereocenters. The van der Waals surface area contributed by atoms with Crippen LogP contribution in [0.1, 0.15) is 52.4 Å². The van der Waals surface area contributed by atoms with Gasteiger partial charge in [-0.15, -0.1) is 0 Å². The van der Waals surface area contributed by atoms with Crippen molar-refractivity contribution < 1.29 is 19.1 Å². The number of halogens is 1. The number of dihydropyridines is 1. The Morgan fingerprint density at radius 3 is 2.50 bits per heavy atom. The largest absolute Gasteiger partial charge is 0.488 e. The number of allylic oxidation sites excluding steroid dienone is 2. The highest BCUT2D eigenvalue weighted by atomic mass is 79.9. The van der Waals surface area contributed by atoms with Gasteiger partial charge in [0.15, 0.2) is 5.78 Å². The smallest absolute Gasteiger partial charge is 0.336 e. The molecular formula is C30H26BrNO4. The lowest BCUT2D eigenvalue weighted by atomic mass is 9.80. The van der Waals surface area contributed by atoms with E-state index >= 15 is 0 Å². The van der Waals surface area contributed by atoms with Crippen LogP contribution in [0.15, 0.2) is 88.0 Å².